The highest BCUT2D eigenvalue weighted by atomic mass is 35.5. The summed E-state index contributed by atoms with van der Waals surface area (Å²) in [5.41, 5.74) is -0.767. The molecule has 1 atom stereocenters. The molecule has 140 valence electrons. The van der Waals surface area contributed by atoms with Crippen molar-refractivity contribution in [1.29, 1.82) is 0 Å². The van der Waals surface area contributed by atoms with E-state index in [-0.39, 0.29) is 40.1 Å². The van der Waals surface area contributed by atoms with Gasteiger partial charge in [-0.2, -0.15) is 0 Å². The Hall–Kier alpha value is -1.20. The molecule has 3 N–H and O–H groups in total. The minimum atomic E-state index is -3.99. The van der Waals surface area contributed by atoms with Crippen molar-refractivity contribution >= 4 is 37.4 Å². The predicted octanol–water partition coefficient (Wildman–Crippen LogP) is 0.483. The van der Waals surface area contributed by atoms with Crippen LogP contribution < -0.4 is 10.0 Å². The number of aromatic carboxylic acids is 1. The molecular formula is C14H19ClN2O6S2. The summed E-state index contributed by atoms with van der Waals surface area (Å²) in [6.07, 6.45) is 0.467. The third-order valence-corrected chi connectivity index (χ3v) is 7.79. The van der Waals surface area contributed by atoms with Gasteiger partial charge in [0.25, 0.3) is 0 Å². The second-order valence-electron chi connectivity index (χ2n) is 6.18. The zero-order chi connectivity index (χ0) is 18.9. The summed E-state index contributed by atoms with van der Waals surface area (Å²) >= 11 is 5.86. The van der Waals surface area contributed by atoms with Crippen molar-refractivity contribution in [3.8, 4) is 0 Å². The maximum absolute atomic E-state index is 12.3. The molecule has 0 unspecified atom stereocenters. The molecule has 0 bridgehead atoms. The van der Waals surface area contributed by atoms with E-state index in [1.165, 1.54) is 12.1 Å². The first-order chi connectivity index (χ1) is 11.4. The van der Waals surface area contributed by atoms with E-state index in [0.29, 0.717) is 6.42 Å². The molecule has 1 heterocycles. The minimum Gasteiger partial charge on any atom is -0.478 e. The summed E-state index contributed by atoms with van der Waals surface area (Å²) < 4.78 is 50.0. The van der Waals surface area contributed by atoms with Gasteiger partial charge in [0.2, 0.25) is 10.0 Å². The van der Waals surface area contributed by atoms with Crippen LogP contribution in [0.3, 0.4) is 0 Å². The monoisotopic (exact) mass is 410 g/mol. The van der Waals surface area contributed by atoms with Gasteiger partial charge in [-0.05, 0) is 31.5 Å². The smallest absolute Gasteiger partial charge is 0.335 e. The SMILES string of the molecule is C[C@]1(NCCNS(=O)(=O)c2cc(C(=O)O)ccc2Cl)CCS(=O)(=O)C1. The lowest BCUT2D eigenvalue weighted by Crippen LogP contribution is -2.46. The van der Waals surface area contributed by atoms with Gasteiger partial charge in [-0.25, -0.2) is 26.4 Å². The minimum absolute atomic E-state index is 0.00555. The van der Waals surface area contributed by atoms with Gasteiger partial charge in [-0.3, -0.25) is 0 Å². The molecule has 0 saturated carbocycles. The van der Waals surface area contributed by atoms with Crippen molar-refractivity contribution in [1.82, 2.24) is 10.0 Å². The van der Waals surface area contributed by atoms with Crippen LogP contribution >= 0.6 is 11.6 Å². The van der Waals surface area contributed by atoms with Crippen LogP contribution in [0.5, 0.6) is 0 Å². The lowest BCUT2D eigenvalue weighted by molar-refractivity contribution is 0.0696. The molecule has 1 aromatic rings. The highest BCUT2D eigenvalue weighted by molar-refractivity contribution is 7.91. The quantitative estimate of drug-likeness (QED) is 0.557. The fourth-order valence-corrected chi connectivity index (χ4v) is 6.30. The predicted molar refractivity (Wildman–Crippen MR) is 93.3 cm³/mol. The van der Waals surface area contributed by atoms with Gasteiger partial charge < -0.3 is 10.4 Å². The standard InChI is InChI=1S/C14H19ClN2O6S2/c1-14(4-7-24(20,21)9-14)16-5-6-17-25(22,23)12-8-10(13(18)19)2-3-11(12)15/h2-3,8,16-17H,4-7,9H2,1H3,(H,18,19)/t14-/m0/s1. The fourth-order valence-electron chi connectivity index (χ4n) is 2.62. The molecule has 1 saturated heterocycles. The molecule has 1 fully saturated rings. The third-order valence-electron chi connectivity index (χ3n) is 3.94. The number of sulfonamides is 1. The lowest BCUT2D eigenvalue weighted by atomic mass is 10.0. The Morgan fingerprint density at radius 3 is 2.60 bits per heavy atom. The van der Waals surface area contributed by atoms with E-state index in [1.54, 1.807) is 6.92 Å². The second kappa shape index (κ2) is 7.20. The Morgan fingerprint density at radius 2 is 2.04 bits per heavy atom. The van der Waals surface area contributed by atoms with Crippen molar-refractivity contribution < 1.29 is 26.7 Å². The Balaban J connectivity index is 1.99. The van der Waals surface area contributed by atoms with Crippen molar-refractivity contribution in [2.45, 2.75) is 23.8 Å². The van der Waals surface area contributed by atoms with E-state index in [9.17, 15) is 21.6 Å². The average molecular weight is 411 g/mol. The number of carboxylic acid groups (broad SMARTS) is 1. The first-order valence-electron chi connectivity index (χ1n) is 7.42. The molecule has 1 aromatic carbocycles. The molecule has 1 aliphatic heterocycles. The molecule has 1 aliphatic rings. The number of benzene rings is 1. The third kappa shape index (κ3) is 5.14. The zero-order valence-electron chi connectivity index (χ0n) is 13.5. The number of hydrogen-bond donors (Lipinski definition) is 3. The first-order valence-corrected chi connectivity index (χ1v) is 11.1. The molecule has 8 nitrogen and oxygen atoms in total. The van der Waals surface area contributed by atoms with Crippen LogP contribution in [0, 0.1) is 0 Å². The number of rotatable bonds is 7. The molecule has 0 radical (unpaired) electrons. The molecule has 0 amide bonds. The van der Waals surface area contributed by atoms with Crippen LogP contribution in [0.4, 0.5) is 0 Å². The van der Waals surface area contributed by atoms with Crippen molar-refractivity contribution in [3.05, 3.63) is 28.8 Å². The van der Waals surface area contributed by atoms with E-state index in [2.05, 4.69) is 10.0 Å². The molecule has 0 aromatic heterocycles. The first kappa shape index (κ1) is 20.1. The molecule has 25 heavy (non-hydrogen) atoms. The summed E-state index contributed by atoms with van der Waals surface area (Å²) in [7, 11) is -7.04. The maximum atomic E-state index is 12.3. The van der Waals surface area contributed by atoms with Crippen LogP contribution in [0.15, 0.2) is 23.1 Å². The normalized spacial score (nSPS) is 22.8. The maximum Gasteiger partial charge on any atom is 0.335 e. The molecular weight excluding hydrogens is 392 g/mol. The second-order valence-corrected chi connectivity index (χ2v) is 10.5. The molecule has 0 spiro atoms. The van der Waals surface area contributed by atoms with Crippen LogP contribution in [0.1, 0.15) is 23.7 Å². The fraction of sp³-hybridized carbons (Fsp3) is 0.500. The lowest BCUT2D eigenvalue weighted by Gasteiger charge is -2.24. The van der Waals surface area contributed by atoms with Crippen molar-refractivity contribution in [2.24, 2.45) is 0 Å². The number of carboxylic acids is 1. The number of sulfone groups is 1. The van der Waals surface area contributed by atoms with Gasteiger partial charge in [0, 0.05) is 18.6 Å². The van der Waals surface area contributed by atoms with Crippen LogP contribution in [-0.2, 0) is 19.9 Å². The van der Waals surface area contributed by atoms with E-state index < -0.39 is 31.4 Å². The molecule has 0 aliphatic carbocycles. The van der Waals surface area contributed by atoms with Crippen molar-refractivity contribution in [2.75, 3.05) is 24.6 Å². The molecule has 2 rings (SSSR count). The summed E-state index contributed by atoms with van der Waals surface area (Å²) in [6.45, 7) is 2.01. The number of hydrogen-bond acceptors (Lipinski definition) is 6. The van der Waals surface area contributed by atoms with E-state index >= 15 is 0 Å². The van der Waals surface area contributed by atoms with E-state index in [0.717, 1.165) is 6.07 Å². The van der Waals surface area contributed by atoms with Crippen molar-refractivity contribution in [3.63, 3.8) is 0 Å². The number of nitrogens with one attached hydrogen (secondary N) is 2. The summed E-state index contributed by atoms with van der Waals surface area (Å²) in [4.78, 5) is 10.7. The van der Waals surface area contributed by atoms with Crippen LogP contribution in [-0.4, -0.2) is 58.0 Å². The summed E-state index contributed by atoms with van der Waals surface area (Å²) in [5, 5.41) is 11.9. The van der Waals surface area contributed by atoms with Gasteiger partial charge in [-0.1, -0.05) is 11.6 Å². The van der Waals surface area contributed by atoms with Gasteiger partial charge in [0.05, 0.1) is 22.1 Å². The van der Waals surface area contributed by atoms with Crippen LogP contribution in [0.25, 0.3) is 0 Å². The Kier molecular flexibility index (Phi) is 5.79. The summed E-state index contributed by atoms with van der Waals surface area (Å²) in [6, 6.07) is 3.42. The largest absolute Gasteiger partial charge is 0.478 e. The van der Waals surface area contributed by atoms with Gasteiger partial charge >= 0.3 is 5.97 Å². The zero-order valence-corrected chi connectivity index (χ0v) is 15.8. The van der Waals surface area contributed by atoms with E-state index in [4.69, 9.17) is 16.7 Å². The van der Waals surface area contributed by atoms with Gasteiger partial charge in [-0.15, -0.1) is 0 Å². The van der Waals surface area contributed by atoms with Gasteiger partial charge in [0.15, 0.2) is 9.84 Å². The average Bonchev–Trinajstić information content (AvgIpc) is 2.78. The Morgan fingerprint density at radius 1 is 1.36 bits per heavy atom. The topological polar surface area (TPSA) is 130 Å². The number of halogens is 1. The Bertz CT molecular complexity index is 885. The number of carbonyl (C=O) groups is 1. The van der Waals surface area contributed by atoms with Gasteiger partial charge in [0.1, 0.15) is 4.90 Å². The summed E-state index contributed by atoms with van der Waals surface area (Å²) in [5.74, 6) is -1.14. The highest BCUT2D eigenvalue weighted by Gasteiger charge is 2.37. The highest BCUT2D eigenvalue weighted by Crippen LogP contribution is 2.23. The van der Waals surface area contributed by atoms with Crippen LogP contribution in [0.2, 0.25) is 5.02 Å². The van der Waals surface area contributed by atoms with E-state index in [1.807, 2.05) is 0 Å². The molecule has 11 heteroatoms. The Labute approximate surface area is 151 Å².